The van der Waals surface area contributed by atoms with Gasteiger partial charge in [0.15, 0.2) is 0 Å². The molecule has 21 heavy (non-hydrogen) atoms. The van der Waals surface area contributed by atoms with Gasteiger partial charge in [0.25, 0.3) is 0 Å². The molecular formula is C17H30N2O2. The maximum absolute atomic E-state index is 13.0. The summed E-state index contributed by atoms with van der Waals surface area (Å²) in [4.78, 5) is 27.1. The molecule has 2 aliphatic rings. The molecular weight excluding hydrogens is 264 g/mol. The number of hydrogen-bond donors (Lipinski definition) is 1. The molecule has 120 valence electrons. The van der Waals surface area contributed by atoms with E-state index in [-0.39, 0.29) is 11.8 Å². The Labute approximate surface area is 128 Å². The zero-order chi connectivity index (χ0) is 15.5. The van der Waals surface area contributed by atoms with Crippen LogP contribution >= 0.6 is 0 Å². The molecule has 2 amide bonds. The lowest BCUT2D eigenvalue weighted by molar-refractivity contribution is -0.142. The van der Waals surface area contributed by atoms with Crippen LogP contribution in [-0.2, 0) is 9.59 Å². The summed E-state index contributed by atoms with van der Waals surface area (Å²) >= 11 is 0. The van der Waals surface area contributed by atoms with E-state index in [0.29, 0.717) is 31.8 Å². The molecule has 1 aliphatic heterocycles. The molecule has 1 saturated heterocycles. The van der Waals surface area contributed by atoms with Crippen LogP contribution < -0.4 is 5.32 Å². The van der Waals surface area contributed by atoms with E-state index < -0.39 is 5.54 Å². The van der Waals surface area contributed by atoms with Gasteiger partial charge < -0.3 is 10.2 Å². The Morgan fingerprint density at radius 2 is 1.71 bits per heavy atom. The van der Waals surface area contributed by atoms with Crippen molar-refractivity contribution < 1.29 is 9.59 Å². The molecule has 1 N–H and O–H groups in total. The fourth-order valence-corrected chi connectivity index (χ4v) is 3.92. The van der Waals surface area contributed by atoms with Crippen LogP contribution in [0.5, 0.6) is 0 Å². The van der Waals surface area contributed by atoms with Crippen LogP contribution in [0.3, 0.4) is 0 Å². The highest BCUT2D eigenvalue weighted by Crippen LogP contribution is 2.32. The fraction of sp³-hybridized carbons (Fsp3) is 0.882. The third-order valence-corrected chi connectivity index (χ3v) is 5.67. The van der Waals surface area contributed by atoms with Gasteiger partial charge >= 0.3 is 0 Å². The van der Waals surface area contributed by atoms with E-state index >= 15 is 0 Å². The van der Waals surface area contributed by atoms with Gasteiger partial charge in [-0.3, -0.25) is 9.59 Å². The first-order chi connectivity index (χ1) is 10.1. The number of rotatable bonds is 4. The van der Waals surface area contributed by atoms with Gasteiger partial charge in [-0.2, -0.15) is 0 Å². The van der Waals surface area contributed by atoms with E-state index in [0.717, 1.165) is 18.8 Å². The minimum Gasteiger partial charge on any atom is -0.342 e. The summed E-state index contributed by atoms with van der Waals surface area (Å²) in [5, 5.41) is 3.00. The normalized spacial score (nSPS) is 30.0. The highest BCUT2D eigenvalue weighted by atomic mass is 16.2. The minimum atomic E-state index is -0.671. The van der Waals surface area contributed by atoms with Crippen molar-refractivity contribution in [2.24, 2.45) is 5.92 Å². The van der Waals surface area contributed by atoms with Crippen molar-refractivity contribution in [2.45, 2.75) is 83.7 Å². The summed E-state index contributed by atoms with van der Waals surface area (Å²) in [7, 11) is 0. The third kappa shape index (κ3) is 3.24. The summed E-state index contributed by atoms with van der Waals surface area (Å²) in [6.07, 6.45) is 7.68. The van der Waals surface area contributed by atoms with Gasteiger partial charge in [0.05, 0.1) is 0 Å². The molecule has 1 aliphatic carbocycles. The van der Waals surface area contributed by atoms with E-state index in [9.17, 15) is 9.59 Å². The van der Waals surface area contributed by atoms with Crippen molar-refractivity contribution in [1.82, 2.24) is 10.2 Å². The molecule has 2 fully saturated rings. The summed E-state index contributed by atoms with van der Waals surface area (Å²) < 4.78 is 0. The molecule has 0 radical (unpaired) electrons. The SMILES string of the molecule is CCC1CCC(N2CCC(=O)NC(CC)(CC)C2=O)CC1. The largest absolute Gasteiger partial charge is 0.342 e. The zero-order valence-electron chi connectivity index (χ0n) is 13.8. The van der Waals surface area contributed by atoms with Gasteiger partial charge in [0.1, 0.15) is 5.54 Å². The monoisotopic (exact) mass is 294 g/mol. The van der Waals surface area contributed by atoms with Crippen molar-refractivity contribution in [1.29, 1.82) is 0 Å². The Hall–Kier alpha value is -1.06. The topological polar surface area (TPSA) is 49.4 Å². The number of nitrogens with zero attached hydrogens (tertiary/aromatic N) is 1. The van der Waals surface area contributed by atoms with Crippen LogP contribution in [0.4, 0.5) is 0 Å². The molecule has 0 bridgehead atoms. The van der Waals surface area contributed by atoms with E-state index in [1.54, 1.807) is 0 Å². The van der Waals surface area contributed by atoms with Crippen molar-refractivity contribution >= 4 is 11.8 Å². The molecule has 4 heteroatoms. The molecule has 0 aromatic heterocycles. The van der Waals surface area contributed by atoms with Gasteiger partial charge in [0.2, 0.25) is 11.8 Å². The second-order valence-electron chi connectivity index (χ2n) is 6.67. The van der Waals surface area contributed by atoms with Crippen LogP contribution in [0.1, 0.15) is 72.1 Å². The molecule has 0 spiro atoms. The maximum atomic E-state index is 13.0. The number of nitrogens with one attached hydrogen (secondary N) is 1. The Morgan fingerprint density at radius 1 is 1.10 bits per heavy atom. The molecule has 0 unspecified atom stereocenters. The van der Waals surface area contributed by atoms with Gasteiger partial charge in [-0.1, -0.05) is 27.2 Å². The van der Waals surface area contributed by atoms with Crippen molar-refractivity contribution in [3.8, 4) is 0 Å². The number of hydrogen-bond acceptors (Lipinski definition) is 2. The first-order valence-corrected chi connectivity index (χ1v) is 8.68. The Kier molecular flexibility index (Phi) is 5.28. The Morgan fingerprint density at radius 3 is 2.24 bits per heavy atom. The molecule has 4 nitrogen and oxygen atoms in total. The summed E-state index contributed by atoms with van der Waals surface area (Å²) in [5.41, 5.74) is -0.671. The van der Waals surface area contributed by atoms with E-state index in [1.807, 2.05) is 18.7 Å². The highest BCUT2D eigenvalue weighted by molar-refractivity contribution is 5.93. The van der Waals surface area contributed by atoms with Crippen LogP contribution in [0.25, 0.3) is 0 Å². The average molecular weight is 294 g/mol. The lowest BCUT2D eigenvalue weighted by Gasteiger charge is -2.40. The standard InChI is InChI=1S/C17H30N2O2/c1-4-13-7-9-14(10-8-13)19-12-11-15(20)18-17(5-2,6-3)16(19)21/h13-14H,4-12H2,1-3H3,(H,18,20). The molecule has 0 aromatic rings. The quantitative estimate of drug-likeness (QED) is 0.866. The first kappa shape index (κ1) is 16.3. The van der Waals surface area contributed by atoms with E-state index in [2.05, 4.69) is 12.2 Å². The first-order valence-electron chi connectivity index (χ1n) is 8.68. The van der Waals surface area contributed by atoms with Crippen molar-refractivity contribution in [2.75, 3.05) is 6.54 Å². The predicted octanol–water partition coefficient (Wildman–Crippen LogP) is 2.86. The fourth-order valence-electron chi connectivity index (χ4n) is 3.92. The molecule has 1 saturated carbocycles. The van der Waals surface area contributed by atoms with Crippen LogP contribution in [-0.4, -0.2) is 34.8 Å². The minimum absolute atomic E-state index is 0.0248. The van der Waals surface area contributed by atoms with Crippen LogP contribution in [0, 0.1) is 5.92 Å². The lowest BCUT2D eigenvalue weighted by atomic mass is 9.83. The predicted molar refractivity (Wildman–Crippen MR) is 83.8 cm³/mol. The summed E-state index contributed by atoms with van der Waals surface area (Å²) in [5.74, 6) is 1.00. The van der Waals surface area contributed by atoms with E-state index in [4.69, 9.17) is 0 Å². The second-order valence-corrected chi connectivity index (χ2v) is 6.67. The van der Waals surface area contributed by atoms with Gasteiger partial charge in [-0.15, -0.1) is 0 Å². The molecule has 2 rings (SSSR count). The average Bonchev–Trinajstić information content (AvgIpc) is 2.65. The summed E-state index contributed by atoms with van der Waals surface area (Å²) in [6.45, 7) is 6.84. The smallest absolute Gasteiger partial charge is 0.248 e. The number of carbonyl (C=O) groups excluding carboxylic acids is 2. The van der Waals surface area contributed by atoms with Gasteiger partial charge in [0, 0.05) is 19.0 Å². The number of carbonyl (C=O) groups is 2. The van der Waals surface area contributed by atoms with Crippen LogP contribution in [0.2, 0.25) is 0 Å². The Balaban J connectivity index is 2.15. The van der Waals surface area contributed by atoms with Crippen molar-refractivity contribution in [3.63, 3.8) is 0 Å². The Bertz CT molecular complexity index is 382. The number of amides is 2. The highest BCUT2D eigenvalue weighted by Gasteiger charge is 2.44. The van der Waals surface area contributed by atoms with Crippen molar-refractivity contribution in [3.05, 3.63) is 0 Å². The molecule has 0 aromatic carbocycles. The maximum Gasteiger partial charge on any atom is 0.248 e. The lowest BCUT2D eigenvalue weighted by Crippen LogP contribution is -2.58. The van der Waals surface area contributed by atoms with Gasteiger partial charge in [-0.25, -0.2) is 0 Å². The second kappa shape index (κ2) is 6.80. The van der Waals surface area contributed by atoms with Crippen LogP contribution in [0.15, 0.2) is 0 Å². The zero-order valence-corrected chi connectivity index (χ0v) is 13.8. The molecule has 1 heterocycles. The molecule has 0 atom stereocenters. The third-order valence-electron chi connectivity index (χ3n) is 5.67. The van der Waals surface area contributed by atoms with Gasteiger partial charge in [-0.05, 0) is 44.4 Å². The summed E-state index contributed by atoms with van der Waals surface area (Å²) in [6, 6.07) is 0.338. The van der Waals surface area contributed by atoms with E-state index in [1.165, 1.54) is 19.3 Å².